The maximum atomic E-state index is 11.2. The Morgan fingerprint density at radius 2 is 2.37 bits per heavy atom. The summed E-state index contributed by atoms with van der Waals surface area (Å²) in [5.41, 5.74) is 0. The Morgan fingerprint density at radius 3 is 3.00 bits per heavy atom. The molecule has 1 fully saturated rings. The molecule has 2 atom stereocenters. The Hall–Kier alpha value is -0.850. The molecule has 2 unspecified atom stereocenters. The van der Waals surface area contributed by atoms with E-state index in [2.05, 4.69) is 4.90 Å². The van der Waals surface area contributed by atoms with Crippen LogP contribution < -0.4 is 0 Å². The molecule has 19 heavy (non-hydrogen) atoms. The maximum Gasteiger partial charge on any atom is 0.148 e. The molecule has 1 saturated heterocycles. The van der Waals surface area contributed by atoms with Crippen molar-refractivity contribution in [2.45, 2.75) is 31.4 Å². The van der Waals surface area contributed by atoms with Crippen molar-refractivity contribution in [1.82, 2.24) is 4.90 Å². The van der Waals surface area contributed by atoms with Gasteiger partial charge in [-0.05, 0) is 37.9 Å². The minimum Gasteiger partial charge on any atom is -0.467 e. The second-order valence-electron chi connectivity index (χ2n) is 5.23. The number of aliphatic hydroxyl groups is 1. The molecular formula is C13H21NO4S. The maximum absolute atomic E-state index is 11.2. The first-order valence-corrected chi connectivity index (χ1v) is 8.65. The van der Waals surface area contributed by atoms with Gasteiger partial charge in [0.25, 0.3) is 0 Å². The predicted molar refractivity (Wildman–Crippen MR) is 72.6 cm³/mol. The number of sulfone groups is 1. The van der Waals surface area contributed by atoms with Crippen molar-refractivity contribution in [3.8, 4) is 0 Å². The van der Waals surface area contributed by atoms with Gasteiger partial charge < -0.3 is 9.52 Å². The summed E-state index contributed by atoms with van der Waals surface area (Å²) in [4.78, 5) is 2.16. The van der Waals surface area contributed by atoms with Crippen LogP contribution in [0.2, 0.25) is 0 Å². The van der Waals surface area contributed by atoms with E-state index in [9.17, 15) is 13.5 Å². The van der Waals surface area contributed by atoms with Gasteiger partial charge in [-0.1, -0.05) is 0 Å². The summed E-state index contributed by atoms with van der Waals surface area (Å²) in [5, 5.41) is 10.1. The molecule has 0 saturated carbocycles. The third-order valence-electron chi connectivity index (χ3n) is 3.62. The molecule has 1 aliphatic rings. The van der Waals surface area contributed by atoms with Crippen LogP contribution in [0, 0.1) is 0 Å². The molecule has 2 rings (SSSR count). The third-order valence-corrected chi connectivity index (χ3v) is 4.54. The fraction of sp³-hybridized carbons (Fsp3) is 0.692. The van der Waals surface area contributed by atoms with Gasteiger partial charge in [-0.3, -0.25) is 4.90 Å². The number of rotatable bonds is 6. The number of likely N-dealkylation sites (tertiary alicyclic amines) is 1. The topological polar surface area (TPSA) is 70.8 Å². The molecule has 0 bridgehead atoms. The Balaban J connectivity index is 1.88. The van der Waals surface area contributed by atoms with E-state index < -0.39 is 15.9 Å². The fourth-order valence-electron chi connectivity index (χ4n) is 2.59. The molecule has 1 aromatic rings. The zero-order chi connectivity index (χ0) is 13.9. The van der Waals surface area contributed by atoms with Crippen molar-refractivity contribution in [2.75, 3.05) is 25.1 Å². The highest BCUT2D eigenvalue weighted by molar-refractivity contribution is 7.90. The molecule has 1 aromatic heterocycles. The number of furan rings is 1. The first-order valence-electron chi connectivity index (χ1n) is 6.59. The largest absolute Gasteiger partial charge is 0.467 e. The molecule has 6 heteroatoms. The van der Waals surface area contributed by atoms with Crippen molar-refractivity contribution >= 4 is 9.84 Å². The Bertz CT molecular complexity index is 483. The summed E-state index contributed by atoms with van der Waals surface area (Å²) in [7, 11) is -2.93. The summed E-state index contributed by atoms with van der Waals surface area (Å²) in [6, 6.07) is 3.76. The van der Waals surface area contributed by atoms with Gasteiger partial charge in [0, 0.05) is 18.8 Å². The van der Waals surface area contributed by atoms with Gasteiger partial charge in [0.2, 0.25) is 0 Å². The Kier molecular flexibility index (Phi) is 4.65. The van der Waals surface area contributed by atoms with Crippen LogP contribution >= 0.6 is 0 Å². The third kappa shape index (κ3) is 4.33. The summed E-state index contributed by atoms with van der Waals surface area (Å²) >= 11 is 0. The van der Waals surface area contributed by atoms with Crippen LogP contribution in [0.4, 0.5) is 0 Å². The van der Waals surface area contributed by atoms with Crippen LogP contribution in [0.3, 0.4) is 0 Å². The lowest BCUT2D eigenvalue weighted by Gasteiger charge is -2.25. The zero-order valence-electron chi connectivity index (χ0n) is 11.2. The highest BCUT2D eigenvalue weighted by atomic mass is 32.2. The average Bonchev–Trinajstić information content (AvgIpc) is 2.96. The average molecular weight is 287 g/mol. The SMILES string of the molecule is CS(=O)(=O)CCN1CCCC1CC(O)c1ccco1. The quantitative estimate of drug-likeness (QED) is 0.851. The second kappa shape index (κ2) is 6.07. The van der Waals surface area contributed by atoms with Gasteiger partial charge in [0.1, 0.15) is 21.7 Å². The first-order chi connectivity index (χ1) is 8.96. The molecule has 0 aliphatic carbocycles. The minimum atomic E-state index is -2.93. The molecule has 0 spiro atoms. The van der Waals surface area contributed by atoms with Crippen LogP contribution in [0.15, 0.2) is 22.8 Å². The molecule has 0 radical (unpaired) electrons. The van der Waals surface area contributed by atoms with E-state index in [0.717, 1.165) is 19.4 Å². The lowest BCUT2D eigenvalue weighted by Crippen LogP contribution is -2.34. The number of nitrogens with zero attached hydrogens (tertiary/aromatic N) is 1. The number of hydrogen-bond donors (Lipinski definition) is 1. The molecule has 1 N–H and O–H groups in total. The van der Waals surface area contributed by atoms with E-state index in [1.165, 1.54) is 6.26 Å². The summed E-state index contributed by atoms with van der Waals surface area (Å²) in [5.74, 6) is 0.760. The minimum absolute atomic E-state index is 0.181. The predicted octanol–water partition coefficient (Wildman–Crippen LogP) is 1.21. The van der Waals surface area contributed by atoms with Crippen molar-refractivity contribution in [1.29, 1.82) is 0 Å². The zero-order valence-corrected chi connectivity index (χ0v) is 12.0. The molecular weight excluding hydrogens is 266 g/mol. The first kappa shape index (κ1) is 14.6. The van der Waals surface area contributed by atoms with Gasteiger partial charge in [0.05, 0.1) is 12.0 Å². The summed E-state index contributed by atoms with van der Waals surface area (Å²) in [6.07, 6.45) is 4.85. The normalized spacial score (nSPS) is 22.7. The van der Waals surface area contributed by atoms with Crippen LogP contribution in [-0.2, 0) is 9.84 Å². The van der Waals surface area contributed by atoms with Crippen LogP contribution in [0.25, 0.3) is 0 Å². The van der Waals surface area contributed by atoms with E-state index in [-0.39, 0.29) is 11.8 Å². The monoisotopic (exact) mass is 287 g/mol. The Labute approximate surface area is 114 Å². The smallest absolute Gasteiger partial charge is 0.148 e. The Morgan fingerprint density at radius 1 is 1.58 bits per heavy atom. The van der Waals surface area contributed by atoms with Gasteiger partial charge in [-0.15, -0.1) is 0 Å². The van der Waals surface area contributed by atoms with Crippen molar-refractivity contribution in [3.63, 3.8) is 0 Å². The van der Waals surface area contributed by atoms with E-state index in [0.29, 0.717) is 18.7 Å². The molecule has 2 heterocycles. The van der Waals surface area contributed by atoms with Crippen molar-refractivity contribution in [3.05, 3.63) is 24.2 Å². The highest BCUT2D eigenvalue weighted by Gasteiger charge is 2.28. The van der Waals surface area contributed by atoms with Crippen LogP contribution in [-0.4, -0.2) is 49.6 Å². The summed E-state index contributed by atoms with van der Waals surface area (Å²) < 4.78 is 27.6. The lowest BCUT2D eigenvalue weighted by atomic mass is 10.1. The van der Waals surface area contributed by atoms with Gasteiger partial charge >= 0.3 is 0 Å². The molecule has 108 valence electrons. The van der Waals surface area contributed by atoms with Crippen molar-refractivity contribution < 1.29 is 17.9 Å². The van der Waals surface area contributed by atoms with Gasteiger partial charge in [-0.2, -0.15) is 0 Å². The number of aliphatic hydroxyl groups excluding tert-OH is 1. The van der Waals surface area contributed by atoms with E-state index in [1.54, 1.807) is 18.4 Å². The van der Waals surface area contributed by atoms with E-state index >= 15 is 0 Å². The van der Waals surface area contributed by atoms with E-state index in [1.807, 2.05) is 0 Å². The van der Waals surface area contributed by atoms with Crippen LogP contribution in [0.5, 0.6) is 0 Å². The molecule has 1 aliphatic heterocycles. The van der Waals surface area contributed by atoms with Gasteiger partial charge in [-0.25, -0.2) is 8.42 Å². The second-order valence-corrected chi connectivity index (χ2v) is 7.49. The molecule has 0 amide bonds. The van der Waals surface area contributed by atoms with Crippen molar-refractivity contribution in [2.24, 2.45) is 0 Å². The lowest BCUT2D eigenvalue weighted by molar-refractivity contribution is 0.104. The fourth-order valence-corrected chi connectivity index (χ4v) is 3.16. The van der Waals surface area contributed by atoms with Crippen LogP contribution in [0.1, 0.15) is 31.1 Å². The molecule has 0 aromatic carbocycles. The molecule has 5 nitrogen and oxygen atoms in total. The van der Waals surface area contributed by atoms with Gasteiger partial charge in [0.15, 0.2) is 0 Å². The standard InChI is InChI=1S/C13H21NO4S/c1-19(16,17)9-7-14-6-2-4-11(14)10-12(15)13-5-3-8-18-13/h3,5,8,11-12,15H,2,4,6-7,9-10H2,1H3. The van der Waals surface area contributed by atoms with E-state index in [4.69, 9.17) is 4.42 Å². The summed E-state index contributed by atoms with van der Waals surface area (Å²) in [6.45, 7) is 1.46. The highest BCUT2D eigenvalue weighted by Crippen LogP contribution is 2.27. The number of hydrogen-bond acceptors (Lipinski definition) is 5.